The molecule has 1 saturated heterocycles. The Morgan fingerprint density at radius 2 is 2.08 bits per heavy atom. The summed E-state index contributed by atoms with van der Waals surface area (Å²) in [5, 5.41) is 16.8. The first-order chi connectivity index (χ1) is 11.7. The van der Waals surface area contributed by atoms with Crippen molar-refractivity contribution in [3.63, 3.8) is 0 Å². The third kappa shape index (κ3) is 8.37. The van der Waals surface area contributed by atoms with E-state index >= 15 is 0 Å². The predicted molar refractivity (Wildman–Crippen MR) is 116 cm³/mol. The molecule has 0 aromatic heterocycles. The zero-order valence-corrected chi connectivity index (χ0v) is 17.8. The van der Waals surface area contributed by atoms with E-state index in [4.69, 9.17) is 4.99 Å². The highest BCUT2D eigenvalue weighted by molar-refractivity contribution is 14.0. The molecular formula is C19H33IN4O. The molecule has 0 radical (unpaired) electrons. The fourth-order valence-corrected chi connectivity index (χ4v) is 3.15. The molecule has 1 aliphatic heterocycles. The van der Waals surface area contributed by atoms with Crippen LogP contribution >= 0.6 is 24.0 Å². The average Bonchev–Trinajstić information content (AvgIpc) is 2.60. The second-order valence-corrected chi connectivity index (χ2v) is 6.63. The lowest BCUT2D eigenvalue weighted by atomic mass is 9.99. The molecule has 1 heterocycles. The third-order valence-corrected chi connectivity index (χ3v) is 4.47. The van der Waals surface area contributed by atoms with Crippen LogP contribution in [-0.2, 0) is 0 Å². The van der Waals surface area contributed by atoms with Crippen LogP contribution in [0.15, 0.2) is 35.3 Å². The number of benzene rings is 1. The van der Waals surface area contributed by atoms with Crippen LogP contribution in [0.5, 0.6) is 0 Å². The van der Waals surface area contributed by atoms with Crippen LogP contribution in [0.25, 0.3) is 0 Å². The van der Waals surface area contributed by atoms with Crippen LogP contribution < -0.4 is 10.6 Å². The summed E-state index contributed by atoms with van der Waals surface area (Å²) in [7, 11) is 2.18. The van der Waals surface area contributed by atoms with Crippen LogP contribution in [0.3, 0.4) is 0 Å². The van der Waals surface area contributed by atoms with Crippen molar-refractivity contribution in [1.82, 2.24) is 15.5 Å². The van der Waals surface area contributed by atoms with Crippen molar-refractivity contribution in [2.45, 2.75) is 32.3 Å². The van der Waals surface area contributed by atoms with Gasteiger partial charge in [0.25, 0.3) is 0 Å². The van der Waals surface area contributed by atoms with Crippen LogP contribution in [0, 0.1) is 5.92 Å². The number of nitrogens with one attached hydrogen (secondary N) is 2. The van der Waals surface area contributed by atoms with Crippen molar-refractivity contribution in [1.29, 1.82) is 0 Å². The Bertz CT molecular complexity index is 497. The number of nitrogens with zero attached hydrogens (tertiary/aromatic N) is 2. The maximum absolute atomic E-state index is 10.2. The van der Waals surface area contributed by atoms with Crippen LogP contribution in [0.2, 0.25) is 0 Å². The van der Waals surface area contributed by atoms with E-state index in [2.05, 4.69) is 29.5 Å². The van der Waals surface area contributed by atoms with E-state index < -0.39 is 6.10 Å². The highest BCUT2D eigenvalue weighted by Gasteiger charge is 2.16. The molecule has 25 heavy (non-hydrogen) atoms. The van der Waals surface area contributed by atoms with Gasteiger partial charge in [0.2, 0.25) is 0 Å². The van der Waals surface area contributed by atoms with E-state index in [1.54, 1.807) is 0 Å². The summed E-state index contributed by atoms with van der Waals surface area (Å²) >= 11 is 0. The first-order valence-electron chi connectivity index (χ1n) is 9.12. The summed E-state index contributed by atoms with van der Waals surface area (Å²) in [5.41, 5.74) is 0.964. The Morgan fingerprint density at radius 1 is 1.32 bits per heavy atom. The molecule has 0 bridgehead atoms. The molecule has 2 atom stereocenters. The van der Waals surface area contributed by atoms with Gasteiger partial charge >= 0.3 is 0 Å². The summed E-state index contributed by atoms with van der Waals surface area (Å²) in [6.45, 7) is 6.82. The normalized spacial score (nSPS) is 19.8. The molecule has 1 aromatic rings. The van der Waals surface area contributed by atoms with E-state index in [0.29, 0.717) is 18.9 Å². The molecule has 0 saturated carbocycles. The Labute approximate surface area is 169 Å². The number of guanidine groups is 1. The van der Waals surface area contributed by atoms with Gasteiger partial charge in [-0.2, -0.15) is 0 Å². The Kier molecular flexibility index (Phi) is 11.1. The lowest BCUT2D eigenvalue weighted by Crippen LogP contribution is -2.39. The zero-order valence-electron chi connectivity index (χ0n) is 15.4. The first-order valence-corrected chi connectivity index (χ1v) is 9.12. The van der Waals surface area contributed by atoms with E-state index in [9.17, 15) is 5.11 Å². The lowest BCUT2D eigenvalue weighted by Gasteiger charge is -2.28. The second kappa shape index (κ2) is 12.5. The molecule has 1 aliphatic rings. The summed E-state index contributed by atoms with van der Waals surface area (Å²) in [5.74, 6) is 1.50. The van der Waals surface area contributed by atoms with Crippen molar-refractivity contribution < 1.29 is 5.11 Å². The molecule has 2 rings (SSSR count). The molecular weight excluding hydrogens is 427 g/mol. The number of aliphatic imine (C=N–C) groups is 1. The molecule has 0 spiro atoms. The van der Waals surface area contributed by atoms with Gasteiger partial charge in [-0.05, 0) is 51.3 Å². The highest BCUT2D eigenvalue weighted by atomic mass is 127. The van der Waals surface area contributed by atoms with Crippen molar-refractivity contribution in [3.8, 4) is 0 Å². The molecule has 2 unspecified atom stereocenters. The number of halogens is 1. The maximum atomic E-state index is 10.2. The summed E-state index contributed by atoms with van der Waals surface area (Å²) in [4.78, 5) is 7.12. The van der Waals surface area contributed by atoms with Crippen molar-refractivity contribution >= 4 is 29.9 Å². The quantitative estimate of drug-likeness (QED) is 0.333. The van der Waals surface area contributed by atoms with Crippen molar-refractivity contribution in [3.05, 3.63) is 35.9 Å². The molecule has 1 fully saturated rings. The summed E-state index contributed by atoms with van der Waals surface area (Å²) in [6, 6.07) is 9.80. The van der Waals surface area contributed by atoms with Gasteiger partial charge in [-0.1, -0.05) is 30.3 Å². The number of rotatable bonds is 7. The largest absolute Gasteiger partial charge is 0.388 e. The van der Waals surface area contributed by atoms with Gasteiger partial charge in [-0.3, -0.25) is 4.99 Å². The van der Waals surface area contributed by atoms with Gasteiger partial charge in [0.15, 0.2) is 5.96 Å². The minimum atomic E-state index is -0.437. The zero-order chi connectivity index (χ0) is 17.2. The molecule has 0 amide bonds. The monoisotopic (exact) mass is 460 g/mol. The van der Waals surface area contributed by atoms with E-state index in [1.807, 2.05) is 30.3 Å². The molecule has 6 heteroatoms. The smallest absolute Gasteiger partial charge is 0.191 e. The second-order valence-electron chi connectivity index (χ2n) is 6.63. The molecule has 1 aromatic carbocycles. The van der Waals surface area contributed by atoms with Gasteiger partial charge in [-0.25, -0.2) is 0 Å². The minimum Gasteiger partial charge on any atom is -0.388 e. The van der Waals surface area contributed by atoms with E-state index in [-0.39, 0.29) is 24.0 Å². The fraction of sp³-hybridized carbons (Fsp3) is 0.632. The molecule has 0 aliphatic carbocycles. The first kappa shape index (κ1) is 22.2. The van der Waals surface area contributed by atoms with Gasteiger partial charge in [0, 0.05) is 26.2 Å². The van der Waals surface area contributed by atoms with Gasteiger partial charge < -0.3 is 20.6 Å². The lowest BCUT2D eigenvalue weighted by molar-refractivity contribution is 0.168. The average molecular weight is 460 g/mol. The molecule has 3 N–H and O–H groups in total. The number of aliphatic hydroxyl groups is 1. The van der Waals surface area contributed by atoms with Gasteiger partial charge in [0.1, 0.15) is 0 Å². The number of likely N-dealkylation sites (tertiary alicyclic amines) is 1. The van der Waals surface area contributed by atoms with Crippen molar-refractivity contribution in [2.75, 3.05) is 39.8 Å². The van der Waals surface area contributed by atoms with Crippen LogP contribution in [0.1, 0.15) is 37.9 Å². The van der Waals surface area contributed by atoms with Crippen molar-refractivity contribution in [2.24, 2.45) is 10.9 Å². The highest BCUT2D eigenvalue weighted by Crippen LogP contribution is 2.16. The maximum Gasteiger partial charge on any atom is 0.191 e. The Balaban J connectivity index is 0.00000312. The molecule has 142 valence electrons. The topological polar surface area (TPSA) is 59.9 Å². The van der Waals surface area contributed by atoms with Gasteiger partial charge in [-0.15, -0.1) is 24.0 Å². The number of hydrogen-bond acceptors (Lipinski definition) is 3. The standard InChI is InChI=1S/C19H32N4O.HI/c1-3-20-19(22-14-16-8-7-13-23(2)15-16)21-12-11-18(24)17-9-5-4-6-10-17;/h4-6,9-10,16,18,24H,3,7-8,11-15H2,1-2H3,(H2,20,21,22);1H. The Hall–Kier alpha value is -0.860. The van der Waals surface area contributed by atoms with Crippen LogP contribution in [-0.4, -0.2) is 55.7 Å². The SMILES string of the molecule is CCNC(=NCC1CCCN(C)C1)NCCC(O)c1ccccc1.I. The predicted octanol–water partition coefficient (Wildman–Crippen LogP) is 2.63. The number of aliphatic hydroxyl groups excluding tert-OH is 1. The summed E-state index contributed by atoms with van der Waals surface area (Å²) < 4.78 is 0. The number of piperidine rings is 1. The molecule has 5 nitrogen and oxygen atoms in total. The fourth-order valence-electron chi connectivity index (χ4n) is 3.15. The summed E-state index contributed by atoms with van der Waals surface area (Å²) in [6.07, 6.45) is 2.76. The minimum absolute atomic E-state index is 0. The van der Waals surface area contributed by atoms with Gasteiger partial charge in [0.05, 0.1) is 6.10 Å². The number of hydrogen-bond donors (Lipinski definition) is 3. The third-order valence-electron chi connectivity index (χ3n) is 4.47. The van der Waals surface area contributed by atoms with E-state index in [0.717, 1.165) is 31.2 Å². The van der Waals surface area contributed by atoms with Crippen LogP contribution in [0.4, 0.5) is 0 Å². The Morgan fingerprint density at radius 3 is 2.76 bits per heavy atom. The van der Waals surface area contributed by atoms with E-state index in [1.165, 1.54) is 19.4 Å².